The Bertz CT molecular complexity index is 844. The fourth-order valence-corrected chi connectivity index (χ4v) is 3.29. The van der Waals surface area contributed by atoms with E-state index in [4.69, 9.17) is 19.3 Å². The van der Waals surface area contributed by atoms with Crippen molar-refractivity contribution in [3.8, 4) is 0 Å². The van der Waals surface area contributed by atoms with Gasteiger partial charge in [-0.1, -0.05) is 32.0 Å². The number of para-hydroxylation sites is 1. The molecule has 0 unspecified atom stereocenters. The van der Waals surface area contributed by atoms with E-state index in [0.717, 1.165) is 5.56 Å². The standard InChI is InChI=1S/C22H29NO8/c1-13(10-14(2)19(25)29-12-30-20(26)22(3,4)5)18(24)23-16-9-7-6-8-15(16)11-17(23)31-21(27)28/h6-9,13-14,17H,10-12H2,1-5H3,(H,27,28)/t13-,14-,17+/m1/s1. The highest BCUT2D eigenvalue weighted by Crippen LogP contribution is 2.34. The highest BCUT2D eigenvalue weighted by molar-refractivity contribution is 5.97. The lowest BCUT2D eigenvalue weighted by atomic mass is 9.96. The molecule has 0 aliphatic carbocycles. The van der Waals surface area contributed by atoms with Gasteiger partial charge in [0.2, 0.25) is 12.7 Å². The number of amides is 1. The molecule has 9 heteroatoms. The molecule has 0 saturated carbocycles. The van der Waals surface area contributed by atoms with Crippen molar-refractivity contribution in [2.45, 2.75) is 53.7 Å². The maximum Gasteiger partial charge on any atom is 0.507 e. The first-order chi connectivity index (χ1) is 14.4. The number of esters is 2. The lowest BCUT2D eigenvalue weighted by Crippen LogP contribution is -2.43. The molecule has 0 fully saturated rings. The number of carbonyl (C=O) groups excluding carboxylic acids is 3. The third-order valence-electron chi connectivity index (χ3n) is 4.94. The van der Waals surface area contributed by atoms with E-state index in [1.54, 1.807) is 52.8 Å². The molecule has 1 amide bonds. The van der Waals surface area contributed by atoms with Gasteiger partial charge in [0.25, 0.3) is 0 Å². The number of ether oxygens (including phenoxy) is 3. The van der Waals surface area contributed by atoms with E-state index in [1.165, 1.54) is 4.90 Å². The van der Waals surface area contributed by atoms with Crippen LogP contribution in [0, 0.1) is 17.3 Å². The number of nitrogens with zero attached hydrogens (tertiary/aromatic N) is 1. The third-order valence-corrected chi connectivity index (χ3v) is 4.94. The van der Waals surface area contributed by atoms with E-state index in [1.807, 2.05) is 6.07 Å². The minimum atomic E-state index is -1.47. The molecule has 2 rings (SSSR count). The molecule has 9 nitrogen and oxygen atoms in total. The van der Waals surface area contributed by atoms with Crippen molar-refractivity contribution in [1.29, 1.82) is 0 Å². The van der Waals surface area contributed by atoms with Crippen LogP contribution in [0.3, 0.4) is 0 Å². The zero-order chi connectivity index (χ0) is 23.3. The van der Waals surface area contributed by atoms with Crippen LogP contribution in [0.5, 0.6) is 0 Å². The largest absolute Gasteiger partial charge is 0.507 e. The van der Waals surface area contributed by atoms with E-state index >= 15 is 0 Å². The molecule has 1 aromatic rings. The Kier molecular flexibility index (Phi) is 7.65. The summed E-state index contributed by atoms with van der Waals surface area (Å²) >= 11 is 0. The Morgan fingerprint density at radius 3 is 2.35 bits per heavy atom. The Hall–Kier alpha value is -3.10. The Morgan fingerprint density at radius 2 is 1.74 bits per heavy atom. The van der Waals surface area contributed by atoms with Crippen molar-refractivity contribution in [2.24, 2.45) is 17.3 Å². The second-order valence-corrected chi connectivity index (χ2v) is 8.68. The first-order valence-corrected chi connectivity index (χ1v) is 10.1. The van der Waals surface area contributed by atoms with Crippen molar-refractivity contribution in [3.63, 3.8) is 0 Å². The summed E-state index contributed by atoms with van der Waals surface area (Å²) in [6.45, 7) is 7.84. The molecule has 1 aromatic carbocycles. The zero-order valence-corrected chi connectivity index (χ0v) is 18.4. The number of hydrogen-bond acceptors (Lipinski definition) is 7. The van der Waals surface area contributed by atoms with Crippen LogP contribution < -0.4 is 4.90 Å². The number of carbonyl (C=O) groups is 4. The summed E-state index contributed by atoms with van der Waals surface area (Å²) in [6, 6.07) is 7.10. The molecule has 0 bridgehead atoms. The normalized spacial score (nSPS) is 17.3. The van der Waals surface area contributed by atoms with E-state index in [2.05, 4.69) is 0 Å². The maximum absolute atomic E-state index is 13.1. The summed E-state index contributed by atoms with van der Waals surface area (Å²) in [5.74, 6) is -2.68. The van der Waals surface area contributed by atoms with Gasteiger partial charge in [-0.2, -0.15) is 0 Å². The van der Waals surface area contributed by atoms with E-state index < -0.39 is 48.4 Å². The molecule has 1 aliphatic rings. The molecular formula is C22H29NO8. The third kappa shape index (κ3) is 6.19. The van der Waals surface area contributed by atoms with Crippen LogP contribution in [0.2, 0.25) is 0 Å². The molecule has 0 spiro atoms. The molecule has 1 N–H and O–H groups in total. The highest BCUT2D eigenvalue weighted by atomic mass is 16.7. The molecule has 0 aromatic heterocycles. The smallest absolute Gasteiger partial charge is 0.450 e. The average molecular weight is 435 g/mol. The number of carboxylic acid groups (broad SMARTS) is 1. The van der Waals surface area contributed by atoms with Gasteiger partial charge in [-0.25, -0.2) is 4.79 Å². The second kappa shape index (κ2) is 9.80. The topological polar surface area (TPSA) is 119 Å². The van der Waals surface area contributed by atoms with Gasteiger partial charge in [0.15, 0.2) is 6.23 Å². The Morgan fingerprint density at radius 1 is 1.10 bits per heavy atom. The number of benzene rings is 1. The summed E-state index contributed by atoms with van der Waals surface area (Å²) in [7, 11) is 0. The van der Waals surface area contributed by atoms with E-state index in [0.29, 0.717) is 5.69 Å². The van der Waals surface area contributed by atoms with E-state index in [9.17, 15) is 19.2 Å². The van der Waals surface area contributed by atoms with Gasteiger partial charge in [-0.15, -0.1) is 0 Å². The van der Waals surface area contributed by atoms with Gasteiger partial charge >= 0.3 is 18.1 Å². The SMILES string of the molecule is C[C@H](C[C@@H](C)C(=O)N1c2ccccc2C[C@@H]1OC(=O)O)C(=O)OCOC(=O)C(C)(C)C. The first kappa shape index (κ1) is 24.2. The minimum Gasteiger partial charge on any atom is -0.450 e. The predicted molar refractivity (Wildman–Crippen MR) is 110 cm³/mol. The van der Waals surface area contributed by atoms with Gasteiger partial charge in [0.05, 0.1) is 17.0 Å². The molecule has 1 aliphatic heterocycles. The molecule has 0 radical (unpaired) electrons. The molecule has 1 heterocycles. The summed E-state index contributed by atoms with van der Waals surface area (Å²) in [6.07, 6.45) is -1.99. The van der Waals surface area contributed by atoms with Gasteiger partial charge in [-0.3, -0.25) is 19.3 Å². The predicted octanol–water partition coefficient (Wildman–Crippen LogP) is 3.35. The van der Waals surface area contributed by atoms with Crippen LogP contribution in [0.4, 0.5) is 10.5 Å². The van der Waals surface area contributed by atoms with E-state index in [-0.39, 0.29) is 18.7 Å². The van der Waals surface area contributed by atoms with Gasteiger partial charge in [0.1, 0.15) is 0 Å². The maximum atomic E-state index is 13.1. The number of rotatable bonds is 7. The van der Waals surface area contributed by atoms with Gasteiger partial charge in [0, 0.05) is 12.3 Å². The molecule has 3 atom stereocenters. The molecule has 170 valence electrons. The quantitative estimate of drug-likeness (QED) is 0.511. The zero-order valence-electron chi connectivity index (χ0n) is 18.4. The fraction of sp³-hybridized carbons (Fsp3) is 0.545. The number of anilines is 1. The fourth-order valence-electron chi connectivity index (χ4n) is 3.29. The molecule has 31 heavy (non-hydrogen) atoms. The average Bonchev–Trinajstić information content (AvgIpc) is 3.03. The number of fused-ring (bicyclic) bond motifs is 1. The van der Waals surface area contributed by atoms with Crippen LogP contribution in [-0.2, 0) is 35.0 Å². The lowest BCUT2D eigenvalue weighted by molar-refractivity contribution is -0.175. The van der Waals surface area contributed by atoms with Crippen LogP contribution in [-0.4, -0.2) is 42.1 Å². The summed E-state index contributed by atoms with van der Waals surface area (Å²) in [5, 5.41) is 9.02. The van der Waals surface area contributed by atoms with Crippen molar-refractivity contribution in [1.82, 2.24) is 0 Å². The molecular weight excluding hydrogens is 406 g/mol. The molecule has 0 saturated heterocycles. The van der Waals surface area contributed by atoms with Crippen LogP contribution in [0.25, 0.3) is 0 Å². The summed E-state index contributed by atoms with van der Waals surface area (Å²) < 4.78 is 14.8. The lowest BCUT2D eigenvalue weighted by Gasteiger charge is -2.27. The van der Waals surface area contributed by atoms with Crippen LogP contribution in [0.15, 0.2) is 24.3 Å². The second-order valence-electron chi connectivity index (χ2n) is 8.68. The van der Waals surface area contributed by atoms with Crippen molar-refractivity contribution in [2.75, 3.05) is 11.7 Å². The van der Waals surface area contributed by atoms with Gasteiger partial charge in [-0.05, 0) is 38.8 Å². The monoisotopic (exact) mass is 435 g/mol. The summed E-state index contributed by atoms with van der Waals surface area (Å²) in [4.78, 5) is 49.4. The van der Waals surface area contributed by atoms with Crippen molar-refractivity contribution >= 4 is 29.7 Å². The minimum absolute atomic E-state index is 0.170. The summed E-state index contributed by atoms with van der Waals surface area (Å²) in [5.41, 5.74) is 0.692. The number of hydrogen-bond donors (Lipinski definition) is 1. The van der Waals surface area contributed by atoms with Crippen LogP contribution >= 0.6 is 0 Å². The Labute approximate surface area is 181 Å². The Balaban J connectivity index is 1.97. The highest BCUT2D eigenvalue weighted by Gasteiger charge is 2.38. The van der Waals surface area contributed by atoms with Crippen molar-refractivity contribution in [3.05, 3.63) is 29.8 Å². The van der Waals surface area contributed by atoms with Crippen LogP contribution in [0.1, 0.15) is 46.6 Å². The van der Waals surface area contributed by atoms with Gasteiger partial charge < -0.3 is 19.3 Å². The first-order valence-electron chi connectivity index (χ1n) is 10.1. The van der Waals surface area contributed by atoms with Crippen molar-refractivity contribution < 1.29 is 38.5 Å².